The molecular formula is C23H40O5S. The fourth-order valence-corrected chi connectivity index (χ4v) is 7.95. The first-order chi connectivity index (χ1) is 14.0. The summed E-state index contributed by atoms with van der Waals surface area (Å²) in [5.41, 5.74) is 0. The second kappa shape index (κ2) is 11.1. The van der Waals surface area contributed by atoms with Gasteiger partial charge in [-0.05, 0) is 63.2 Å². The van der Waals surface area contributed by atoms with Crippen LogP contribution in [0.1, 0.15) is 103 Å². The predicted molar refractivity (Wildman–Crippen MR) is 115 cm³/mol. The summed E-state index contributed by atoms with van der Waals surface area (Å²) in [5.74, 6) is 0.901. The molecule has 1 N–H and O–H groups in total. The number of fused-ring (bicyclic) bond motifs is 2. The van der Waals surface area contributed by atoms with Crippen molar-refractivity contribution < 1.29 is 23.1 Å². The lowest BCUT2D eigenvalue weighted by molar-refractivity contribution is -0.137. The van der Waals surface area contributed by atoms with Gasteiger partial charge in [0.1, 0.15) is 0 Å². The van der Waals surface area contributed by atoms with E-state index in [1.807, 2.05) is 0 Å². The van der Waals surface area contributed by atoms with Crippen molar-refractivity contribution in [3.8, 4) is 0 Å². The number of hydrogen-bond acceptors (Lipinski definition) is 4. The standard InChI is InChI=1S/C23H40O5S/c24-23(25)14-7-2-1-6-12-19-20(22-16-15-21(19)28-22)13-8-9-17-29(26,27)18-10-4-3-5-11-18/h18-22H,1-17H2,(H,24,25)/t19-,20+,21-,22+/m1/s1. The Morgan fingerprint density at radius 3 is 2.00 bits per heavy atom. The number of sulfone groups is 1. The van der Waals surface area contributed by atoms with Gasteiger partial charge in [-0.2, -0.15) is 0 Å². The Labute approximate surface area is 176 Å². The molecule has 0 amide bonds. The summed E-state index contributed by atoms with van der Waals surface area (Å²) in [6.45, 7) is 0. The van der Waals surface area contributed by atoms with Gasteiger partial charge in [0.25, 0.3) is 0 Å². The average molecular weight is 429 g/mol. The van der Waals surface area contributed by atoms with E-state index in [9.17, 15) is 13.2 Å². The number of rotatable bonds is 13. The van der Waals surface area contributed by atoms with Crippen molar-refractivity contribution in [3.05, 3.63) is 0 Å². The zero-order chi connectivity index (χ0) is 20.7. The van der Waals surface area contributed by atoms with Crippen LogP contribution in [0, 0.1) is 11.8 Å². The number of carbonyl (C=O) groups is 1. The lowest BCUT2D eigenvalue weighted by Crippen LogP contribution is -2.28. The Hall–Kier alpha value is -0.620. The maximum Gasteiger partial charge on any atom is 0.303 e. The summed E-state index contributed by atoms with van der Waals surface area (Å²) in [6, 6.07) is 0. The van der Waals surface area contributed by atoms with Gasteiger partial charge in [0.05, 0.1) is 23.2 Å². The van der Waals surface area contributed by atoms with E-state index in [1.54, 1.807) is 0 Å². The number of ether oxygens (including phenoxy) is 1. The minimum Gasteiger partial charge on any atom is -0.481 e. The highest BCUT2D eigenvalue weighted by Crippen LogP contribution is 2.47. The SMILES string of the molecule is O=C(O)CCCCCC[C@@H]1[C@H](CCCCS(=O)(=O)C2CCCCC2)[C@@H]2CC[C@H]1O2. The molecule has 5 nitrogen and oxygen atoms in total. The average Bonchev–Trinajstić information content (AvgIpc) is 3.30. The Bertz CT molecular complexity index is 611. The minimum absolute atomic E-state index is 0.0732. The van der Waals surface area contributed by atoms with Crippen LogP contribution in [0.3, 0.4) is 0 Å². The Balaban J connectivity index is 1.35. The molecule has 3 rings (SSSR count). The van der Waals surface area contributed by atoms with E-state index < -0.39 is 15.8 Å². The molecule has 3 fully saturated rings. The van der Waals surface area contributed by atoms with Crippen molar-refractivity contribution in [1.29, 1.82) is 0 Å². The first-order valence-corrected chi connectivity index (χ1v) is 13.8. The third kappa shape index (κ3) is 6.68. The van der Waals surface area contributed by atoms with Crippen LogP contribution in [-0.4, -0.2) is 42.7 Å². The Morgan fingerprint density at radius 2 is 1.38 bits per heavy atom. The number of carboxylic acid groups (broad SMARTS) is 1. The molecule has 0 unspecified atom stereocenters. The van der Waals surface area contributed by atoms with Gasteiger partial charge in [-0.3, -0.25) is 4.79 Å². The number of aliphatic carboxylic acids is 1. The Morgan fingerprint density at radius 1 is 0.793 bits per heavy atom. The molecule has 2 aliphatic heterocycles. The van der Waals surface area contributed by atoms with Gasteiger partial charge in [0.2, 0.25) is 0 Å². The highest BCUT2D eigenvalue weighted by Gasteiger charge is 2.47. The van der Waals surface area contributed by atoms with Gasteiger partial charge >= 0.3 is 5.97 Å². The maximum absolute atomic E-state index is 12.6. The number of hydrogen-bond donors (Lipinski definition) is 1. The molecule has 2 bridgehead atoms. The third-order valence-corrected chi connectivity index (χ3v) is 9.89. The summed E-state index contributed by atoms with van der Waals surface area (Å²) in [4.78, 5) is 10.6. The monoisotopic (exact) mass is 428 g/mol. The van der Waals surface area contributed by atoms with Crippen molar-refractivity contribution in [2.75, 3.05) is 5.75 Å². The highest BCUT2D eigenvalue weighted by atomic mass is 32.2. The molecule has 1 aliphatic carbocycles. The van der Waals surface area contributed by atoms with Crippen molar-refractivity contribution in [1.82, 2.24) is 0 Å². The van der Waals surface area contributed by atoms with Gasteiger partial charge in [-0.15, -0.1) is 0 Å². The summed E-state index contributed by atoms with van der Waals surface area (Å²) < 4.78 is 31.4. The van der Waals surface area contributed by atoms with E-state index >= 15 is 0 Å². The summed E-state index contributed by atoms with van der Waals surface area (Å²) in [6.07, 6.45) is 16.6. The lowest BCUT2D eigenvalue weighted by Gasteiger charge is -2.28. The molecular weight excluding hydrogens is 388 g/mol. The molecule has 2 heterocycles. The Kier molecular flexibility index (Phi) is 8.85. The first-order valence-electron chi connectivity index (χ1n) is 12.1. The second-order valence-electron chi connectivity index (χ2n) is 9.59. The molecule has 2 saturated heterocycles. The highest BCUT2D eigenvalue weighted by molar-refractivity contribution is 7.92. The van der Waals surface area contributed by atoms with Gasteiger partial charge < -0.3 is 9.84 Å². The van der Waals surface area contributed by atoms with Crippen LogP contribution in [0.25, 0.3) is 0 Å². The van der Waals surface area contributed by atoms with Crippen LogP contribution in [0.4, 0.5) is 0 Å². The molecule has 0 aromatic heterocycles. The van der Waals surface area contributed by atoms with Crippen molar-refractivity contribution in [3.63, 3.8) is 0 Å². The van der Waals surface area contributed by atoms with Crippen molar-refractivity contribution >= 4 is 15.8 Å². The van der Waals surface area contributed by atoms with Gasteiger partial charge in [-0.25, -0.2) is 8.42 Å². The molecule has 6 heteroatoms. The summed E-state index contributed by atoms with van der Waals surface area (Å²) in [5, 5.41) is 8.65. The van der Waals surface area contributed by atoms with Crippen LogP contribution in [-0.2, 0) is 19.4 Å². The molecule has 4 atom stereocenters. The molecule has 0 aromatic carbocycles. The normalized spacial score (nSPS) is 30.1. The van der Waals surface area contributed by atoms with Gasteiger partial charge in [0.15, 0.2) is 9.84 Å². The molecule has 0 spiro atoms. The minimum atomic E-state index is -2.91. The predicted octanol–water partition coefficient (Wildman–Crippen LogP) is 5.12. The van der Waals surface area contributed by atoms with Crippen LogP contribution < -0.4 is 0 Å². The van der Waals surface area contributed by atoms with Gasteiger partial charge in [-0.1, -0.05) is 44.9 Å². The number of carboxylic acids is 1. The van der Waals surface area contributed by atoms with E-state index in [0.717, 1.165) is 70.6 Å². The van der Waals surface area contributed by atoms with Crippen LogP contribution in [0.15, 0.2) is 0 Å². The fourth-order valence-electron chi connectivity index (χ4n) is 5.95. The van der Waals surface area contributed by atoms with E-state index in [1.165, 1.54) is 25.7 Å². The zero-order valence-corrected chi connectivity index (χ0v) is 18.7. The molecule has 29 heavy (non-hydrogen) atoms. The molecule has 3 aliphatic rings. The van der Waals surface area contributed by atoms with Crippen LogP contribution in [0.5, 0.6) is 0 Å². The van der Waals surface area contributed by atoms with Crippen LogP contribution in [0.2, 0.25) is 0 Å². The molecule has 0 radical (unpaired) electrons. The fraction of sp³-hybridized carbons (Fsp3) is 0.957. The third-order valence-electron chi connectivity index (χ3n) is 7.54. The number of unbranched alkanes of at least 4 members (excludes halogenated alkanes) is 4. The van der Waals surface area contributed by atoms with Crippen LogP contribution >= 0.6 is 0 Å². The quantitative estimate of drug-likeness (QED) is 0.412. The van der Waals surface area contributed by atoms with Crippen molar-refractivity contribution in [2.45, 2.75) is 120 Å². The summed E-state index contributed by atoms with van der Waals surface area (Å²) >= 11 is 0. The summed E-state index contributed by atoms with van der Waals surface area (Å²) in [7, 11) is -2.91. The van der Waals surface area contributed by atoms with E-state index in [-0.39, 0.29) is 11.7 Å². The molecule has 168 valence electrons. The smallest absolute Gasteiger partial charge is 0.303 e. The van der Waals surface area contributed by atoms with E-state index in [0.29, 0.717) is 29.8 Å². The molecule has 0 aromatic rings. The lowest BCUT2D eigenvalue weighted by atomic mass is 9.74. The van der Waals surface area contributed by atoms with Gasteiger partial charge in [0, 0.05) is 6.42 Å². The maximum atomic E-state index is 12.6. The topological polar surface area (TPSA) is 80.7 Å². The zero-order valence-electron chi connectivity index (χ0n) is 17.9. The van der Waals surface area contributed by atoms with E-state index in [2.05, 4.69) is 0 Å². The van der Waals surface area contributed by atoms with Crippen molar-refractivity contribution in [2.24, 2.45) is 11.8 Å². The first kappa shape index (κ1) is 23.1. The largest absolute Gasteiger partial charge is 0.481 e. The second-order valence-corrected chi connectivity index (χ2v) is 12.0. The van der Waals surface area contributed by atoms with E-state index in [4.69, 9.17) is 9.84 Å². The molecule has 1 saturated carbocycles.